The Morgan fingerprint density at radius 2 is 1.91 bits per heavy atom. The Morgan fingerprint density at radius 3 is 2.67 bits per heavy atom. The third-order valence-electron chi connectivity index (χ3n) is 5.85. The molecular weight excluding hydrogens is 434 g/mol. The summed E-state index contributed by atoms with van der Waals surface area (Å²) in [4.78, 5) is 31.0. The Balaban J connectivity index is 1.49. The van der Waals surface area contributed by atoms with Crippen molar-refractivity contribution in [1.82, 2.24) is 34.7 Å². The van der Waals surface area contributed by atoms with E-state index in [1.165, 1.54) is 11.3 Å². The summed E-state index contributed by atoms with van der Waals surface area (Å²) in [7, 11) is 1.97. The standard InChI is InChI=1S/C24H19N7OS/c1-12(32)19-9-10-20(33-19)14-5-4-6-16-21(14)28-24(27-16)23-22-17(29-30-23)8-7-15(26-22)18-11-25-13(2)31(18)3/h4-11H,1-3H3,(H,27,28)(H,29,30). The van der Waals surface area contributed by atoms with Gasteiger partial charge >= 0.3 is 0 Å². The van der Waals surface area contributed by atoms with Gasteiger partial charge in [-0.05, 0) is 44.2 Å². The first kappa shape index (κ1) is 19.6. The fraction of sp³-hybridized carbons (Fsp3) is 0.125. The maximum absolute atomic E-state index is 11.8. The lowest BCUT2D eigenvalue weighted by molar-refractivity contribution is 0.102. The van der Waals surface area contributed by atoms with Gasteiger partial charge < -0.3 is 9.55 Å². The highest BCUT2D eigenvalue weighted by Gasteiger charge is 2.18. The first-order valence-corrected chi connectivity index (χ1v) is 11.3. The number of nitrogens with zero attached hydrogens (tertiary/aromatic N) is 5. The summed E-state index contributed by atoms with van der Waals surface area (Å²) in [5.41, 5.74) is 6.69. The highest BCUT2D eigenvalue weighted by atomic mass is 32.1. The molecule has 6 rings (SSSR count). The molecule has 0 fully saturated rings. The molecule has 6 aromatic rings. The molecule has 5 aromatic heterocycles. The summed E-state index contributed by atoms with van der Waals surface area (Å²) in [6, 6.07) is 13.8. The van der Waals surface area contributed by atoms with Crippen LogP contribution in [0.3, 0.4) is 0 Å². The molecule has 33 heavy (non-hydrogen) atoms. The van der Waals surface area contributed by atoms with Crippen LogP contribution in [-0.4, -0.2) is 40.5 Å². The second-order valence-corrected chi connectivity index (χ2v) is 9.01. The van der Waals surface area contributed by atoms with Crippen molar-refractivity contribution in [2.24, 2.45) is 7.05 Å². The number of aromatic nitrogens is 7. The smallest absolute Gasteiger partial charge is 0.169 e. The van der Waals surface area contributed by atoms with Crippen LogP contribution in [0, 0.1) is 6.92 Å². The maximum atomic E-state index is 11.8. The number of para-hydroxylation sites is 1. The molecule has 162 valence electrons. The van der Waals surface area contributed by atoms with Gasteiger partial charge in [-0.15, -0.1) is 11.3 Å². The number of imidazole rings is 2. The number of ketones is 1. The highest BCUT2D eigenvalue weighted by molar-refractivity contribution is 7.17. The number of carbonyl (C=O) groups excluding carboxylic acids is 1. The Labute approximate surface area is 192 Å². The van der Waals surface area contributed by atoms with Crippen LogP contribution in [0.5, 0.6) is 0 Å². The van der Waals surface area contributed by atoms with E-state index in [-0.39, 0.29) is 5.78 Å². The van der Waals surface area contributed by atoms with Gasteiger partial charge in [-0.2, -0.15) is 5.10 Å². The van der Waals surface area contributed by atoms with Crippen LogP contribution in [0.2, 0.25) is 0 Å². The number of carbonyl (C=O) groups is 1. The minimum absolute atomic E-state index is 0.0645. The third-order valence-corrected chi connectivity index (χ3v) is 7.07. The van der Waals surface area contributed by atoms with E-state index in [2.05, 4.69) is 20.2 Å². The normalized spacial score (nSPS) is 11.6. The number of aromatic amines is 2. The molecule has 1 aromatic carbocycles. The fourth-order valence-corrected chi connectivity index (χ4v) is 4.89. The first-order chi connectivity index (χ1) is 16.0. The number of rotatable bonds is 4. The van der Waals surface area contributed by atoms with Crippen molar-refractivity contribution in [3.8, 4) is 33.3 Å². The molecule has 0 spiro atoms. The number of fused-ring (bicyclic) bond motifs is 2. The number of Topliss-reactive ketones (excluding diaryl/α,β-unsaturated/α-hetero) is 1. The van der Waals surface area contributed by atoms with E-state index in [1.54, 1.807) is 6.92 Å². The SMILES string of the molecule is CC(=O)c1ccc(-c2cccc3[nH]c(-c4n[nH]c5ccc(-c6cnc(C)n6C)nc45)nc23)s1. The molecule has 0 amide bonds. The summed E-state index contributed by atoms with van der Waals surface area (Å²) >= 11 is 1.48. The van der Waals surface area contributed by atoms with Crippen LogP contribution in [0.15, 0.2) is 48.7 Å². The Hall–Kier alpha value is -4.11. The van der Waals surface area contributed by atoms with Crippen LogP contribution in [0.1, 0.15) is 22.4 Å². The molecule has 0 aliphatic carbocycles. The third kappa shape index (κ3) is 3.08. The molecule has 0 bridgehead atoms. The van der Waals surface area contributed by atoms with E-state index in [0.29, 0.717) is 11.5 Å². The fourth-order valence-electron chi connectivity index (χ4n) is 3.96. The predicted octanol–water partition coefficient (Wildman–Crippen LogP) is 5.14. The van der Waals surface area contributed by atoms with Gasteiger partial charge in [0.05, 0.1) is 39.0 Å². The summed E-state index contributed by atoms with van der Waals surface area (Å²) in [6.45, 7) is 3.55. The molecule has 0 aliphatic rings. The molecule has 8 nitrogen and oxygen atoms in total. The van der Waals surface area contributed by atoms with Gasteiger partial charge in [0.15, 0.2) is 17.3 Å². The number of hydrogen-bond acceptors (Lipinski definition) is 6. The van der Waals surface area contributed by atoms with Crippen LogP contribution in [0.25, 0.3) is 55.4 Å². The first-order valence-electron chi connectivity index (χ1n) is 10.4. The topological polar surface area (TPSA) is 105 Å². The van der Waals surface area contributed by atoms with Crippen molar-refractivity contribution in [2.45, 2.75) is 13.8 Å². The van der Waals surface area contributed by atoms with Crippen molar-refractivity contribution >= 4 is 39.2 Å². The number of nitrogens with one attached hydrogen (secondary N) is 2. The van der Waals surface area contributed by atoms with Gasteiger partial charge in [0, 0.05) is 17.5 Å². The van der Waals surface area contributed by atoms with Crippen LogP contribution < -0.4 is 0 Å². The van der Waals surface area contributed by atoms with Gasteiger partial charge in [-0.3, -0.25) is 9.89 Å². The lowest BCUT2D eigenvalue weighted by Gasteiger charge is -2.03. The zero-order valence-electron chi connectivity index (χ0n) is 18.2. The largest absolute Gasteiger partial charge is 0.336 e. The second-order valence-electron chi connectivity index (χ2n) is 7.92. The van der Waals surface area contributed by atoms with Crippen molar-refractivity contribution in [3.05, 3.63) is 59.4 Å². The number of aryl methyl sites for hydroxylation is 1. The van der Waals surface area contributed by atoms with Crippen LogP contribution >= 0.6 is 11.3 Å². The molecule has 2 N–H and O–H groups in total. The minimum atomic E-state index is 0.0645. The highest BCUT2D eigenvalue weighted by Crippen LogP contribution is 2.35. The van der Waals surface area contributed by atoms with Gasteiger partial charge in [0.25, 0.3) is 0 Å². The lowest BCUT2D eigenvalue weighted by atomic mass is 10.1. The monoisotopic (exact) mass is 453 g/mol. The Morgan fingerprint density at radius 1 is 1.03 bits per heavy atom. The number of benzene rings is 1. The van der Waals surface area contributed by atoms with Crippen molar-refractivity contribution in [3.63, 3.8) is 0 Å². The van der Waals surface area contributed by atoms with Crippen molar-refractivity contribution < 1.29 is 4.79 Å². The lowest BCUT2D eigenvalue weighted by Crippen LogP contribution is -1.96. The maximum Gasteiger partial charge on any atom is 0.169 e. The molecule has 0 saturated heterocycles. The van der Waals surface area contributed by atoms with Crippen molar-refractivity contribution in [1.29, 1.82) is 0 Å². The molecule has 0 unspecified atom stereocenters. The molecule has 9 heteroatoms. The average molecular weight is 454 g/mol. The van der Waals surface area contributed by atoms with E-state index >= 15 is 0 Å². The van der Waals surface area contributed by atoms with E-state index in [4.69, 9.17) is 9.97 Å². The summed E-state index contributed by atoms with van der Waals surface area (Å²) in [6.07, 6.45) is 1.83. The predicted molar refractivity (Wildman–Crippen MR) is 129 cm³/mol. The molecule has 0 atom stereocenters. The number of H-pyrrole nitrogens is 2. The number of hydrogen-bond donors (Lipinski definition) is 2. The number of thiophene rings is 1. The van der Waals surface area contributed by atoms with E-state index in [0.717, 1.165) is 54.6 Å². The Kier molecular flexibility index (Phi) is 4.27. The van der Waals surface area contributed by atoms with Gasteiger partial charge in [0.1, 0.15) is 11.3 Å². The van der Waals surface area contributed by atoms with E-state index in [9.17, 15) is 4.79 Å². The van der Waals surface area contributed by atoms with Crippen molar-refractivity contribution in [2.75, 3.05) is 0 Å². The molecule has 0 aliphatic heterocycles. The van der Waals surface area contributed by atoms with E-state index < -0.39 is 0 Å². The van der Waals surface area contributed by atoms with Gasteiger partial charge in [-0.1, -0.05) is 12.1 Å². The molecular formula is C24H19N7OS. The van der Waals surface area contributed by atoms with E-state index in [1.807, 2.05) is 67.2 Å². The Bertz CT molecular complexity index is 1680. The second kappa shape index (κ2) is 7.21. The minimum Gasteiger partial charge on any atom is -0.336 e. The zero-order chi connectivity index (χ0) is 22.7. The summed E-state index contributed by atoms with van der Waals surface area (Å²) < 4.78 is 2.01. The number of pyridine rings is 1. The average Bonchev–Trinajstić information content (AvgIpc) is 3.59. The molecule has 0 saturated carbocycles. The van der Waals surface area contributed by atoms with Gasteiger partial charge in [0.2, 0.25) is 0 Å². The zero-order valence-corrected chi connectivity index (χ0v) is 19.0. The summed E-state index contributed by atoms with van der Waals surface area (Å²) in [5.74, 6) is 1.62. The summed E-state index contributed by atoms with van der Waals surface area (Å²) in [5, 5.41) is 7.57. The quantitative estimate of drug-likeness (QED) is 0.360. The van der Waals surface area contributed by atoms with Gasteiger partial charge in [-0.25, -0.2) is 15.0 Å². The molecule has 5 heterocycles. The van der Waals surface area contributed by atoms with Crippen LogP contribution in [0.4, 0.5) is 0 Å². The molecule has 0 radical (unpaired) electrons. The van der Waals surface area contributed by atoms with Crippen LogP contribution in [-0.2, 0) is 7.05 Å².